The second-order valence-electron chi connectivity index (χ2n) is 9.07. The van der Waals surface area contributed by atoms with Gasteiger partial charge in [0.05, 0.1) is 0 Å². The highest BCUT2D eigenvalue weighted by atomic mass is 16.2. The molecule has 4 aliphatic rings. The minimum Gasteiger partial charge on any atom is -0.354 e. The van der Waals surface area contributed by atoms with Crippen LogP contribution >= 0.6 is 0 Å². The summed E-state index contributed by atoms with van der Waals surface area (Å²) in [6.45, 7) is 5.55. The molecule has 4 nitrogen and oxygen atoms in total. The molecule has 1 N–H and O–H groups in total. The van der Waals surface area contributed by atoms with Gasteiger partial charge in [-0.05, 0) is 62.2 Å². The SMILES string of the molecule is CCC(CC)N(CCNC(=O)[C@@H]1C[C@H]2C=C[C@H]1C2)C(=O)[C@@H]1C[C@H]2C=C[C@H]1C2. The number of amides is 2. The highest BCUT2D eigenvalue weighted by Crippen LogP contribution is 2.45. The Hall–Kier alpha value is -1.58. The van der Waals surface area contributed by atoms with Crippen LogP contribution in [0.5, 0.6) is 0 Å². The first-order valence-corrected chi connectivity index (χ1v) is 11.1. The van der Waals surface area contributed by atoms with E-state index in [1.165, 1.54) is 0 Å². The first-order chi connectivity index (χ1) is 13.1. The van der Waals surface area contributed by atoms with Gasteiger partial charge in [0.15, 0.2) is 0 Å². The highest BCUT2D eigenvalue weighted by Gasteiger charge is 2.42. The molecule has 4 bridgehead atoms. The first kappa shape index (κ1) is 18.8. The summed E-state index contributed by atoms with van der Waals surface area (Å²) in [5.74, 6) is 2.91. The number of nitrogens with one attached hydrogen (secondary N) is 1. The number of carbonyl (C=O) groups is 2. The van der Waals surface area contributed by atoms with Gasteiger partial charge in [-0.25, -0.2) is 0 Å². The molecule has 2 saturated carbocycles. The van der Waals surface area contributed by atoms with Crippen molar-refractivity contribution in [3.8, 4) is 0 Å². The van der Waals surface area contributed by atoms with Crippen LogP contribution in [0.25, 0.3) is 0 Å². The van der Waals surface area contributed by atoms with E-state index in [0.717, 1.165) is 38.5 Å². The standard InChI is InChI=1S/C23H34N2O2/c1-3-19(4-2)25(23(27)21-14-16-6-8-18(21)12-16)10-9-24-22(26)20-13-15-5-7-17(20)11-15/h5-8,15-21H,3-4,9-14H2,1-2H3,(H,24,26)/t15-,16-,17-,18-,20+,21+/m0/s1. The second-order valence-corrected chi connectivity index (χ2v) is 9.07. The third kappa shape index (κ3) is 3.60. The fourth-order valence-electron chi connectivity index (χ4n) is 5.99. The third-order valence-electron chi connectivity index (χ3n) is 7.53. The lowest BCUT2D eigenvalue weighted by Gasteiger charge is -2.34. The molecule has 0 unspecified atom stereocenters. The predicted molar refractivity (Wildman–Crippen MR) is 107 cm³/mol. The van der Waals surface area contributed by atoms with E-state index in [1.54, 1.807) is 0 Å². The fraction of sp³-hybridized carbons (Fsp3) is 0.739. The zero-order valence-corrected chi connectivity index (χ0v) is 16.8. The van der Waals surface area contributed by atoms with E-state index in [-0.39, 0.29) is 23.8 Å². The van der Waals surface area contributed by atoms with Crippen LogP contribution in [0.4, 0.5) is 0 Å². The summed E-state index contributed by atoms with van der Waals surface area (Å²) < 4.78 is 0. The van der Waals surface area contributed by atoms with Crippen molar-refractivity contribution in [3.05, 3.63) is 24.3 Å². The molecular formula is C23H34N2O2. The van der Waals surface area contributed by atoms with Gasteiger partial charge in [0.1, 0.15) is 0 Å². The van der Waals surface area contributed by atoms with E-state index >= 15 is 0 Å². The molecule has 4 heteroatoms. The van der Waals surface area contributed by atoms with Crippen molar-refractivity contribution in [2.24, 2.45) is 35.5 Å². The summed E-state index contributed by atoms with van der Waals surface area (Å²) in [6.07, 6.45) is 15.3. The van der Waals surface area contributed by atoms with Gasteiger partial charge >= 0.3 is 0 Å². The molecule has 6 atom stereocenters. The molecular weight excluding hydrogens is 336 g/mol. The number of hydrogen-bond donors (Lipinski definition) is 1. The van der Waals surface area contributed by atoms with Gasteiger partial charge in [0.25, 0.3) is 0 Å². The van der Waals surface area contributed by atoms with E-state index in [0.29, 0.717) is 42.7 Å². The van der Waals surface area contributed by atoms with Gasteiger partial charge in [0, 0.05) is 31.0 Å². The van der Waals surface area contributed by atoms with Crippen LogP contribution in [0, 0.1) is 35.5 Å². The van der Waals surface area contributed by atoms with Crippen molar-refractivity contribution < 1.29 is 9.59 Å². The average Bonchev–Trinajstić information content (AvgIpc) is 3.47. The highest BCUT2D eigenvalue weighted by molar-refractivity contribution is 5.81. The number of allylic oxidation sites excluding steroid dienone is 4. The van der Waals surface area contributed by atoms with E-state index in [1.807, 2.05) is 0 Å². The molecule has 0 aliphatic heterocycles. The molecule has 0 aromatic carbocycles. The van der Waals surface area contributed by atoms with Crippen LogP contribution in [0.15, 0.2) is 24.3 Å². The average molecular weight is 371 g/mol. The van der Waals surface area contributed by atoms with Crippen LogP contribution in [-0.4, -0.2) is 35.8 Å². The second kappa shape index (κ2) is 7.81. The largest absolute Gasteiger partial charge is 0.354 e. The summed E-state index contributed by atoms with van der Waals surface area (Å²) in [7, 11) is 0. The Balaban J connectivity index is 1.33. The van der Waals surface area contributed by atoms with Crippen LogP contribution in [0.3, 0.4) is 0 Å². The quantitative estimate of drug-likeness (QED) is 0.664. The van der Waals surface area contributed by atoms with Gasteiger partial charge in [-0.2, -0.15) is 0 Å². The molecule has 0 spiro atoms. The molecule has 4 rings (SSSR count). The maximum absolute atomic E-state index is 13.3. The van der Waals surface area contributed by atoms with Gasteiger partial charge in [0.2, 0.25) is 11.8 Å². The molecule has 2 fully saturated rings. The molecule has 4 aliphatic carbocycles. The molecule has 0 radical (unpaired) electrons. The van der Waals surface area contributed by atoms with Crippen molar-refractivity contribution in [1.82, 2.24) is 10.2 Å². The monoisotopic (exact) mass is 370 g/mol. The normalized spacial score (nSPS) is 35.4. The number of nitrogens with zero attached hydrogens (tertiary/aromatic N) is 1. The van der Waals surface area contributed by atoms with E-state index in [9.17, 15) is 9.59 Å². The van der Waals surface area contributed by atoms with E-state index in [2.05, 4.69) is 48.4 Å². The molecule has 148 valence electrons. The number of rotatable bonds is 8. The van der Waals surface area contributed by atoms with Crippen molar-refractivity contribution in [3.63, 3.8) is 0 Å². The maximum atomic E-state index is 13.3. The Morgan fingerprint density at radius 2 is 1.52 bits per heavy atom. The van der Waals surface area contributed by atoms with Crippen LogP contribution < -0.4 is 5.32 Å². The van der Waals surface area contributed by atoms with E-state index in [4.69, 9.17) is 0 Å². The summed E-state index contributed by atoms with van der Waals surface area (Å²) in [4.78, 5) is 28.0. The first-order valence-electron chi connectivity index (χ1n) is 11.1. The van der Waals surface area contributed by atoms with Gasteiger partial charge < -0.3 is 10.2 Å². The summed E-state index contributed by atoms with van der Waals surface area (Å²) in [6, 6.07) is 0.280. The Labute approximate surface area is 163 Å². The fourth-order valence-corrected chi connectivity index (χ4v) is 5.99. The topological polar surface area (TPSA) is 49.4 Å². The number of fused-ring (bicyclic) bond motifs is 4. The van der Waals surface area contributed by atoms with Crippen molar-refractivity contribution in [1.29, 1.82) is 0 Å². The van der Waals surface area contributed by atoms with Crippen LogP contribution in [-0.2, 0) is 9.59 Å². The van der Waals surface area contributed by atoms with Crippen molar-refractivity contribution in [2.75, 3.05) is 13.1 Å². The van der Waals surface area contributed by atoms with Gasteiger partial charge in [-0.1, -0.05) is 38.2 Å². The molecule has 27 heavy (non-hydrogen) atoms. The van der Waals surface area contributed by atoms with Crippen LogP contribution in [0.1, 0.15) is 52.4 Å². The van der Waals surface area contributed by atoms with Gasteiger partial charge in [-0.3, -0.25) is 9.59 Å². The number of carbonyl (C=O) groups excluding carboxylic acids is 2. The minimum absolute atomic E-state index is 0.146. The lowest BCUT2D eigenvalue weighted by atomic mass is 9.91. The van der Waals surface area contributed by atoms with Crippen molar-refractivity contribution in [2.45, 2.75) is 58.4 Å². The molecule has 0 aromatic heterocycles. The Morgan fingerprint density at radius 3 is 2.00 bits per heavy atom. The van der Waals surface area contributed by atoms with E-state index < -0.39 is 0 Å². The van der Waals surface area contributed by atoms with Crippen molar-refractivity contribution >= 4 is 11.8 Å². The molecule has 0 heterocycles. The Morgan fingerprint density at radius 1 is 0.926 bits per heavy atom. The Bertz CT molecular complexity index is 636. The zero-order chi connectivity index (χ0) is 19.0. The lowest BCUT2D eigenvalue weighted by Crippen LogP contribution is -2.48. The molecule has 0 aromatic rings. The number of hydrogen-bond acceptors (Lipinski definition) is 2. The summed E-state index contributed by atoms with van der Waals surface area (Å²) in [5.41, 5.74) is 0. The molecule has 2 amide bonds. The maximum Gasteiger partial charge on any atom is 0.226 e. The smallest absolute Gasteiger partial charge is 0.226 e. The van der Waals surface area contributed by atoms with Gasteiger partial charge in [-0.15, -0.1) is 0 Å². The summed E-state index contributed by atoms with van der Waals surface area (Å²) in [5, 5.41) is 3.14. The Kier molecular flexibility index (Phi) is 5.43. The zero-order valence-electron chi connectivity index (χ0n) is 16.8. The molecule has 0 saturated heterocycles. The predicted octanol–water partition coefficient (Wildman–Crippen LogP) is 3.54. The minimum atomic E-state index is 0.146. The third-order valence-corrected chi connectivity index (χ3v) is 7.53. The summed E-state index contributed by atoms with van der Waals surface area (Å²) >= 11 is 0. The van der Waals surface area contributed by atoms with Crippen LogP contribution in [0.2, 0.25) is 0 Å². The lowest BCUT2D eigenvalue weighted by molar-refractivity contribution is -0.139.